The number of carboxylic acids is 1. The van der Waals surface area contributed by atoms with Crippen LogP contribution in [0.1, 0.15) is 57.0 Å². The average molecular weight is 618 g/mol. The third kappa shape index (κ3) is 5.67. The van der Waals surface area contributed by atoms with Gasteiger partial charge >= 0.3 is 12.1 Å². The zero-order valence-electron chi connectivity index (χ0n) is 23.8. The lowest BCUT2D eigenvalue weighted by Crippen LogP contribution is -2.47. The number of alkyl carbamates (subject to hydrolysis) is 1. The van der Waals surface area contributed by atoms with Crippen LogP contribution in [0.3, 0.4) is 0 Å². The van der Waals surface area contributed by atoms with Gasteiger partial charge in [-0.3, -0.25) is 23.9 Å². The minimum atomic E-state index is -1.35. The van der Waals surface area contributed by atoms with E-state index in [2.05, 4.69) is 32.2 Å². The number of nitrogens with zero attached hydrogens (tertiary/aromatic N) is 3. The van der Waals surface area contributed by atoms with Crippen molar-refractivity contribution in [3.8, 4) is 0 Å². The van der Waals surface area contributed by atoms with Gasteiger partial charge in [0.15, 0.2) is 0 Å². The van der Waals surface area contributed by atoms with Gasteiger partial charge in [-0.05, 0) is 86.8 Å². The molecule has 40 heavy (non-hydrogen) atoms. The lowest BCUT2D eigenvalue weighted by atomic mass is 9.79. The second kappa shape index (κ2) is 11.4. The topological polar surface area (TPSA) is 121 Å². The van der Waals surface area contributed by atoms with Crippen LogP contribution < -0.4 is 5.32 Å². The van der Waals surface area contributed by atoms with E-state index in [-0.39, 0.29) is 17.9 Å². The van der Waals surface area contributed by atoms with E-state index in [4.69, 9.17) is 4.74 Å². The smallest absolute Gasteiger partial charge is 0.408 e. The number of rotatable bonds is 7. The third-order valence-electron chi connectivity index (χ3n) is 7.48. The van der Waals surface area contributed by atoms with Crippen LogP contribution in [-0.4, -0.2) is 87.7 Å². The molecular formula is C29H37BrN4O6. The first-order chi connectivity index (χ1) is 18.8. The average Bonchev–Trinajstić information content (AvgIpc) is 3.15. The summed E-state index contributed by atoms with van der Waals surface area (Å²) in [4.78, 5) is 55.3. The largest absolute Gasteiger partial charge is 0.481 e. The molecule has 216 valence electrons. The van der Waals surface area contributed by atoms with Crippen molar-refractivity contribution >= 4 is 56.3 Å². The molecule has 2 heterocycles. The van der Waals surface area contributed by atoms with Gasteiger partial charge in [-0.15, -0.1) is 0 Å². The van der Waals surface area contributed by atoms with Crippen LogP contribution in [-0.2, 0) is 20.7 Å². The number of aromatic nitrogens is 1. The summed E-state index contributed by atoms with van der Waals surface area (Å²) in [5.74, 6) is -2.00. The molecule has 3 atom stereocenters. The summed E-state index contributed by atoms with van der Waals surface area (Å²) in [6.45, 7) is 10.9. The van der Waals surface area contributed by atoms with Crippen LogP contribution in [0.15, 0.2) is 28.9 Å². The van der Waals surface area contributed by atoms with Crippen molar-refractivity contribution in [2.75, 3.05) is 26.7 Å². The zero-order chi connectivity index (χ0) is 29.5. The minimum absolute atomic E-state index is 0.0100. The molecule has 2 amide bonds. The summed E-state index contributed by atoms with van der Waals surface area (Å²) >= 11 is 3.63. The second-order valence-electron chi connectivity index (χ2n) is 11.3. The summed E-state index contributed by atoms with van der Waals surface area (Å²) in [6, 6.07) is 4.32. The van der Waals surface area contributed by atoms with E-state index in [1.54, 1.807) is 20.8 Å². The van der Waals surface area contributed by atoms with Crippen LogP contribution in [0, 0.1) is 5.92 Å². The number of nitrogens with one attached hydrogen (secondary N) is 1. The van der Waals surface area contributed by atoms with Crippen LogP contribution in [0.5, 0.6) is 0 Å². The third-order valence-corrected chi connectivity index (χ3v) is 8.31. The van der Waals surface area contributed by atoms with Crippen molar-refractivity contribution in [2.45, 2.75) is 65.1 Å². The number of carbonyl (C=O) groups excluding carboxylic acids is 3. The summed E-state index contributed by atoms with van der Waals surface area (Å²) < 4.78 is 7.25. The zero-order valence-corrected chi connectivity index (χ0v) is 25.4. The minimum Gasteiger partial charge on any atom is -0.481 e. The van der Waals surface area contributed by atoms with Gasteiger partial charge in [0, 0.05) is 31.1 Å². The number of benzene rings is 1. The highest BCUT2D eigenvalue weighted by Crippen LogP contribution is 2.45. The lowest BCUT2D eigenvalue weighted by molar-refractivity contribution is -0.137. The molecule has 0 saturated heterocycles. The molecule has 0 saturated carbocycles. The molecule has 0 unspecified atom stereocenters. The molecule has 1 aliphatic carbocycles. The first-order valence-corrected chi connectivity index (χ1v) is 14.3. The Bertz CT molecular complexity index is 1390. The number of amides is 2. The fourth-order valence-corrected chi connectivity index (χ4v) is 6.44. The number of carboxylic acid groups (broad SMARTS) is 1. The highest BCUT2D eigenvalue weighted by molar-refractivity contribution is 9.10. The monoisotopic (exact) mass is 616 g/mol. The molecule has 0 radical (unpaired) electrons. The van der Waals surface area contributed by atoms with Crippen molar-refractivity contribution in [3.05, 3.63) is 40.0 Å². The Balaban J connectivity index is 1.79. The quantitative estimate of drug-likeness (QED) is 0.479. The van der Waals surface area contributed by atoms with E-state index >= 15 is 0 Å². The summed E-state index contributed by atoms with van der Waals surface area (Å²) in [7, 11) is 2.01. The Kier molecular flexibility index (Phi) is 8.46. The Morgan fingerprint density at radius 3 is 2.48 bits per heavy atom. The molecule has 0 spiro atoms. The van der Waals surface area contributed by atoms with E-state index < -0.39 is 36.0 Å². The molecule has 2 aliphatic rings. The van der Waals surface area contributed by atoms with E-state index in [1.165, 1.54) is 4.57 Å². The first kappa shape index (κ1) is 29.8. The lowest BCUT2D eigenvalue weighted by Gasteiger charge is -2.40. The number of aliphatic carboxylic acids is 1. The molecule has 0 bridgehead atoms. The molecule has 1 aromatic carbocycles. The van der Waals surface area contributed by atoms with Crippen LogP contribution >= 0.6 is 15.9 Å². The normalized spacial score (nSPS) is 19.4. The number of hydrogen-bond acceptors (Lipinski definition) is 6. The summed E-state index contributed by atoms with van der Waals surface area (Å²) in [5.41, 5.74) is 2.69. The van der Waals surface area contributed by atoms with Gasteiger partial charge in [-0.1, -0.05) is 18.2 Å². The van der Waals surface area contributed by atoms with E-state index in [0.717, 1.165) is 22.1 Å². The second-order valence-corrected chi connectivity index (χ2v) is 12.1. The van der Waals surface area contributed by atoms with Crippen molar-refractivity contribution in [1.82, 2.24) is 19.7 Å². The maximum atomic E-state index is 13.9. The molecule has 4 rings (SSSR count). The number of halogens is 1. The van der Waals surface area contributed by atoms with Gasteiger partial charge in [-0.25, -0.2) is 4.79 Å². The van der Waals surface area contributed by atoms with Crippen molar-refractivity contribution in [2.24, 2.45) is 5.92 Å². The van der Waals surface area contributed by atoms with Gasteiger partial charge in [-0.2, -0.15) is 0 Å². The van der Waals surface area contributed by atoms with Gasteiger partial charge < -0.3 is 20.1 Å². The Labute approximate surface area is 242 Å². The number of fused-ring (bicyclic) bond motifs is 2. The molecule has 2 aromatic rings. The predicted molar refractivity (Wildman–Crippen MR) is 155 cm³/mol. The van der Waals surface area contributed by atoms with Crippen LogP contribution in [0.2, 0.25) is 0 Å². The van der Waals surface area contributed by atoms with Gasteiger partial charge in [0.25, 0.3) is 5.91 Å². The predicted octanol–water partition coefficient (Wildman–Crippen LogP) is 4.15. The summed E-state index contributed by atoms with van der Waals surface area (Å²) in [6.07, 6.45) is 1.20. The Morgan fingerprint density at radius 2 is 1.88 bits per heavy atom. The number of hydrogen-bond donors (Lipinski definition) is 2. The van der Waals surface area contributed by atoms with E-state index in [9.17, 15) is 24.3 Å². The van der Waals surface area contributed by atoms with Crippen LogP contribution in [0.25, 0.3) is 16.5 Å². The fourth-order valence-electron chi connectivity index (χ4n) is 5.71. The maximum absolute atomic E-state index is 13.9. The molecule has 0 fully saturated rings. The molecule has 2 N–H and O–H groups in total. The van der Waals surface area contributed by atoms with Gasteiger partial charge in [0.2, 0.25) is 5.91 Å². The Hall–Kier alpha value is -3.18. The number of carbonyl (C=O) groups is 4. The van der Waals surface area contributed by atoms with Crippen molar-refractivity contribution in [3.63, 3.8) is 0 Å². The molecular weight excluding hydrogens is 580 g/mol. The number of likely N-dealkylation sites (N-methyl/N-ethyl adjacent to an activating group) is 1. The molecule has 11 heteroatoms. The first-order valence-electron chi connectivity index (χ1n) is 13.6. The standard InChI is InChI=1S/C29H37BrN4O6/c1-7-33(8-2)26(37)16-12-18-17-10-9-11-21-24(17)19(13-22(18)32(6)15-16)25(30)34(21)27(38)20(14-23(35)36)31-28(39)40-29(3,4)5/h9-12,16,20,22H,7-8,13-15H2,1-6H3,(H,31,39)(H,35,36)/t16-,20+,22-/m1/s1. The molecule has 1 aliphatic heterocycles. The number of ether oxygens (including phenoxy) is 1. The molecule has 10 nitrogen and oxygen atoms in total. The summed E-state index contributed by atoms with van der Waals surface area (Å²) in [5, 5.41) is 12.8. The maximum Gasteiger partial charge on any atom is 0.408 e. The fraction of sp³-hybridized carbons (Fsp3) is 0.517. The molecule has 1 aromatic heterocycles. The Morgan fingerprint density at radius 1 is 1.20 bits per heavy atom. The highest BCUT2D eigenvalue weighted by Gasteiger charge is 2.39. The van der Waals surface area contributed by atoms with Crippen molar-refractivity contribution < 1.29 is 29.0 Å². The van der Waals surface area contributed by atoms with E-state index in [1.807, 2.05) is 44.0 Å². The highest BCUT2D eigenvalue weighted by atomic mass is 79.9. The van der Waals surface area contributed by atoms with Gasteiger partial charge in [0.1, 0.15) is 11.6 Å². The van der Waals surface area contributed by atoms with Crippen molar-refractivity contribution in [1.29, 1.82) is 0 Å². The van der Waals surface area contributed by atoms with Gasteiger partial charge in [0.05, 0.1) is 22.5 Å². The van der Waals surface area contributed by atoms with E-state index in [0.29, 0.717) is 36.2 Å². The SMILES string of the molecule is CCN(CC)C(=O)[C@@H]1C=C2c3cccc4c3c(c(Br)n4C(=O)[C@H](CC(=O)O)NC(=O)OC(C)(C)C)C[C@H]2N(C)C1. The van der Waals surface area contributed by atoms with Crippen LogP contribution in [0.4, 0.5) is 4.79 Å².